The number of rotatable bonds is 7. The molecule has 37 heavy (non-hydrogen) atoms. The standard InChI is InChI=1S/C29H33ClF2N2O3/c1-36-29(35)20-9-7-19(8-10-20)17-37-27-13-21(30)11-12-22(27)28-33-25-14-23(31)24(32)15-26(25)34(28)16-18-5-3-2-4-6-18/h11-15,18-20H,2-10,16-17H2,1H3. The van der Waals surface area contributed by atoms with Crippen LogP contribution in [0, 0.1) is 29.4 Å². The molecule has 198 valence electrons. The van der Waals surface area contributed by atoms with Crippen molar-refractivity contribution in [2.45, 2.75) is 64.3 Å². The molecule has 8 heteroatoms. The number of carbonyl (C=O) groups is 1. The van der Waals surface area contributed by atoms with Crippen molar-refractivity contribution in [1.29, 1.82) is 0 Å². The highest BCUT2D eigenvalue weighted by molar-refractivity contribution is 6.30. The monoisotopic (exact) mass is 530 g/mol. The van der Waals surface area contributed by atoms with Gasteiger partial charge < -0.3 is 14.0 Å². The minimum absolute atomic E-state index is 0.0385. The van der Waals surface area contributed by atoms with Gasteiger partial charge in [-0.15, -0.1) is 0 Å². The Morgan fingerprint density at radius 2 is 1.73 bits per heavy atom. The van der Waals surface area contributed by atoms with Crippen LogP contribution in [0.3, 0.4) is 0 Å². The molecule has 0 aliphatic heterocycles. The Kier molecular flexibility index (Phi) is 7.98. The molecule has 5 nitrogen and oxygen atoms in total. The number of nitrogens with zero attached hydrogens (tertiary/aromatic N) is 2. The Balaban J connectivity index is 1.44. The first-order valence-electron chi connectivity index (χ1n) is 13.3. The van der Waals surface area contributed by atoms with Gasteiger partial charge >= 0.3 is 5.97 Å². The predicted molar refractivity (Wildman–Crippen MR) is 140 cm³/mol. The number of imidazole rings is 1. The quantitative estimate of drug-likeness (QED) is 0.295. The third-order valence-corrected chi connectivity index (χ3v) is 8.23. The van der Waals surface area contributed by atoms with Gasteiger partial charge in [-0.3, -0.25) is 4.79 Å². The van der Waals surface area contributed by atoms with E-state index < -0.39 is 11.6 Å². The van der Waals surface area contributed by atoms with Crippen molar-refractivity contribution in [1.82, 2.24) is 9.55 Å². The predicted octanol–water partition coefficient (Wildman–Crippen LogP) is 7.57. The molecule has 2 aromatic carbocycles. The molecule has 0 bridgehead atoms. The summed E-state index contributed by atoms with van der Waals surface area (Å²) < 4.78 is 41.6. The van der Waals surface area contributed by atoms with E-state index in [-0.39, 0.29) is 11.9 Å². The maximum Gasteiger partial charge on any atom is 0.308 e. The minimum Gasteiger partial charge on any atom is -0.492 e. The summed E-state index contributed by atoms with van der Waals surface area (Å²) in [7, 11) is 1.43. The summed E-state index contributed by atoms with van der Waals surface area (Å²) in [6.07, 6.45) is 9.18. The van der Waals surface area contributed by atoms with Crippen molar-refractivity contribution in [2.75, 3.05) is 13.7 Å². The summed E-state index contributed by atoms with van der Waals surface area (Å²) in [5.41, 5.74) is 1.76. The van der Waals surface area contributed by atoms with Gasteiger partial charge in [0.05, 0.1) is 36.2 Å². The number of methoxy groups -OCH3 is 1. The number of benzene rings is 2. The van der Waals surface area contributed by atoms with Crippen molar-refractivity contribution in [3.63, 3.8) is 0 Å². The molecule has 0 amide bonds. The molecule has 2 saturated carbocycles. The molecule has 0 atom stereocenters. The number of hydrogen-bond donors (Lipinski definition) is 0. The molecule has 0 unspecified atom stereocenters. The van der Waals surface area contributed by atoms with E-state index in [4.69, 9.17) is 26.1 Å². The van der Waals surface area contributed by atoms with Gasteiger partial charge in [0, 0.05) is 23.7 Å². The highest BCUT2D eigenvalue weighted by Gasteiger charge is 2.28. The lowest BCUT2D eigenvalue weighted by Gasteiger charge is -2.27. The Morgan fingerprint density at radius 3 is 2.46 bits per heavy atom. The van der Waals surface area contributed by atoms with Crippen LogP contribution in [-0.2, 0) is 16.1 Å². The molecule has 2 fully saturated rings. The Labute approximate surface area is 221 Å². The first-order chi connectivity index (χ1) is 17.9. The lowest BCUT2D eigenvalue weighted by molar-refractivity contribution is -0.146. The first kappa shape index (κ1) is 26.0. The van der Waals surface area contributed by atoms with Crippen LogP contribution in [0.1, 0.15) is 57.8 Å². The van der Waals surface area contributed by atoms with Crippen molar-refractivity contribution in [2.24, 2.45) is 17.8 Å². The molecule has 2 aliphatic rings. The average Bonchev–Trinajstić information content (AvgIpc) is 3.24. The largest absolute Gasteiger partial charge is 0.492 e. The van der Waals surface area contributed by atoms with E-state index in [0.29, 0.717) is 52.6 Å². The van der Waals surface area contributed by atoms with Gasteiger partial charge in [-0.05, 0) is 68.6 Å². The molecule has 5 rings (SSSR count). The topological polar surface area (TPSA) is 53.4 Å². The minimum atomic E-state index is -0.906. The van der Waals surface area contributed by atoms with Crippen LogP contribution < -0.4 is 4.74 Å². The fourth-order valence-electron chi connectivity index (χ4n) is 5.88. The van der Waals surface area contributed by atoms with Crippen LogP contribution in [0.4, 0.5) is 8.78 Å². The number of ether oxygens (including phenoxy) is 2. The zero-order valence-corrected chi connectivity index (χ0v) is 21.9. The number of esters is 1. The number of halogens is 3. The van der Waals surface area contributed by atoms with Crippen LogP contribution in [0.15, 0.2) is 30.3 Å². The van der Waals surface area contributed by atoms with E-state index in [1.807, 2.05) is 10.6 Å². The van der Waals surface area contributed by atoms with Gasteiger partial charge in [0.25, 0.3) is 0 Å². The molecule has 0 saturated heterocycles. The lowest BCUT2D eigenvalue weighted by atomic mass is 9.82. The van der Waals surface area contributed by atoms with E-state index in [9.17, 15) is 13.6 Å². The summed E-state index contributed by atoms with van der Waals surface area (Å²) in [5.74, 6) is 0.0484. The molecule has 1 aromatic heterocycles. The summed E-state index contributed by atoms with van der Waals surface area (Å²) in [5, 5.41) is 0.542. The number of carbonyl (C=O) groups excluding carboxylic acids is 1. The van der Waals surface area contributed by atoms with Gasteiger partial charge in [-0.1, -0.05) is 30.9 Å². The van der Waals surface area contributed by atoms with E-state index >= 15 is 0 Å². The maximum atomic E-state index is 14.3. The molecule has 1 heterocycles. The summed E-state index contributed by atoms with van der Waals surface area (Å²) in [4.78, 5) is 16.6. The number of aromatic nitrogens is 2. The molecular formula is C29H33ClF2N2O3. The first-order valence-corrected chi connectivity index (χ1v) is 13.7. The Morgan fingerprint density at radius 1 is 1.00 bits per heavy atom. The highest BCUT2D eigenvalue weighted by atomic mass is 35.5. The van der Waals surface area contributed by atoms with Crippen molar-refractivity contribution in [3.05, 3.63) is 47.0 Å². The second-order valence-electron chi connectivity index (χ2n) is 10.5. The summed E-state index contributed by atoms with van der Waals surface area (Å²) in [6, 6.07) is 7.86. The molecule has 0 radical (unpaired) electrons. The van der Waals surface area contributed by atoms with E-state index in [1.54, 1.807) is 12.1 Å². The fourth-order valence-corrected chi connectivity index (χ4v) is 6.04. The smallest absolute Gasteiger partial charge is 0.308 e. The Hall–Kier alpha value is -2.67. The normalized spacial score (nSPS) is 20.8. The van der Waals surface area contributed by atoms with Crippen molar-refractivity contribution in [3.8, 4) is 17.1 Å². The second-order valence-corrected chi connectivity index (χ2v) is 10.9. The summed E-state index contributed by atoms with van der Waals surface area (Å²) in [6.45, 7) is 1.18. The van der Waals surface area contributed by atoms with Crippen LogP contribution in [0.25, 0.3) is 22.4 Å². The molecule has 2 aliphatic carbocycles. The van der Waals surface area contributed by atoms with Gasteiger partial charge in [-0.25, -0.2) is 13.8 Å². The van der Waals surface area contributed by atoms with Crippen molar-refractivity contribution < 1.29 is 23.0 Å². The molecule has 0 spiro atoms. The number of fused-ring (bicyclic) bond motifs is 1. The van der Waals surface area contributed by atoms with Gasteiger partial charge in [-0.2, -0.15) is 0 Å². The van der Waals surface area contributed by atoms with Gasteiger partial charge in [0.2, 0.25) is 0 Å². The Bertz CT molecular complexity index is 1260. The fraction of sp³-hybridized carbons (Fsp3) is 0.517. The maximum absolute atomic E-state index is 14.3. The molecule has 3 aromatic rings. The molecular weight excluding hydrogens is 498 g/mol. The highest BCUT2D eigenvalue weighted by Crippen LogP contribution is 2.38. The van der Waals surface area contributed by atoms with E-state index in [2.05, 4.69) is 0 Å². The van der Waals surface area contributed by atoms with Gasteiger partial charge in [0.1, 0.15) is 11.6 Å². The zero-order chi connectivity index (χ0) is 25.9. The SMILES string of the molecule is COC(=O)C1CCC(COc2cc(Cl)ccc2-c2nc3cc(F)c(F)cc3n2CC2CCCCC2)CC1. The van der Waals surface area contributed by atoms with E-state index in [1.165, 1.54) is 38.5 Å². The molecule has 0 N–H and O–H groups in total. The average molecular weight is 531 g/mol. The third-order valence-electron chi connectivity index (χ3n) is 8.00. The third kappa shape index (κ3) is 5.77. The van der Waals surface area contributed by atoms with Crippen LogP contribution in [-0.4, -0.2) is 29.2 Å². The van der Waals surface area contributed by atoms with Gasteiger partial charge in [0.15, 0.2) is 11.6 Å². The van der Waals surface area contributed by atoms with Crippen LogP contribution in [0.5, 0.6) is 5.75 Å². The second kappa shape index (κ2) is 11.4. The van der Waals surface area contributed by atoms with E-state index in [0.717, 1.165) is 44.1 Å². The lowest BCUT2D eigenvalue weighted by Crippen LogP contribution is -2.25. The zero-order valence-electron chi connectivity index (χ0n) is 21.2. The van der Waals surface area contributed by atoms with Crippen LogP contribution >= 0.6 is 11.6 Å². The summed E-state index contributed by atoms with van der Waals surface area (Å²) >= 11 is 6.35. The van der Waals surface area contributed by atoms with Crippen LogP contribution in [0.2, 0.25) is 5.02 Å². The van der Waals surface area contributed by atoms with Crippen molar-refractivity contribution >= 4 is 28.6 Å². The number of hydrogen-bond acceptors (Lipinski definition) is 4.